The standard InChI is InChI=1S/C17H25NO/c1-11(2)18-10-13-9-14-12(3)7-8-15(16(14)19-13)17(4,5)6/h7-9,11,18H,10H2,1-6H3. The number of rotatable bonds is 3. The van der Waals surface area contributed by atoms with E-state index in [-0.39, 0.29) is 5.41 Å². The highest BCUT2D eigenvalue weighted by Crippen LogP contribution is 2.33. The van der Waals surface area contributed by atoms with Crippen LogP contribution < -0.4 is 5.32 Å². The van der Waals surface area contributed by atoms with Crippen LogP contribution in [0.3, 0.4) is 0 Å². The van der Waals surface area contributed by atoms with E-state index in [1.165, 1.54) is 16.5 Å². The smallest absolute Gasteiger partial charge is 0.138 e. The maximum atomic E-state index is 6.09. The number of hydrogen-bond donors (Lipinski definition) is 1. The molecule has 2 rings (SSSR count). The molecule has 0 fully saturated rings. The first-order valence-corrected chi connectivity index (χ1v) is 7.05. The van der Waals surface area contributed by atoms with Gasteiger partial charge in [-0.15, -0.1) is 0 Å². The minimum atomic E-state index is 0.104. The van der Waals surface area contributed by atoms with Crippen molar-refractivity contribution in [2.45, 2.75) is 59.5 Å². The third-order valence-electron chi connectivity index (χ3n) is 3.45. The molecule has 2 heteroatoms. The molecule has 0 aliphatic rings. The van der Waals surface area contributed by atoms with E-state index in [1.54, 1.807) is 0 Å². The van der Waals surface area contributed by atoms with Crippen LogP contribution in [0.4, 0.5) is 0 Å². The second-order valence-corrected chi connectivity index (χ2v) is 6.67. The van der Waals surface area contributed by atoms with Crippen molar-refractivity contribution < 1.29 is 4.42 Å². The lowest BCUT2D eigenvalue weighted by Crippen LogP contribution is -2.21. The highest BCUT2D eigenvalue weighted by molar-refractivity contribution is 5.85. The molecular formula is C17H25NO. The molecule has 0 amide bonds. The molecule has 2 aromatic rings. The maximum Gasteiger partial charge on any atom is 0.138 e. The van der Waals surface area contributed by atoms with Crippen LogP contribution in [-0.4, -0.2) is 6.04 Å². The van der Waals surface area contributed by atoms with E-state index in [4.69, 9.17) is 4.42 Å². The van der Waals surface area contributed by atoms with Crippen LogP contribution in [0, 0.1) is 6.92 Å². The molecule has 0 bridgehead atoms. The van der Waals surface area contributed by atoms with E-state index in [0.717, 1.165) is 17.9 Å². The third kappa shape index (κ3) is 3.01. The lowest BCUT2D eigenvalue weighted by atomic mass is 9.85. The van der Waals surface area contributed by atoms with Crippen LogP contribution in [0.5, 0.6) is 0 Å². The summed E-state index contributed by atoms with van der Waals surface area (Å²) in [6.45, 7) is 13.9. The zero-order chi connectivity index (χ0) is 14.2. The number of benzene rings is 1. The molecule has 0 spiro atoms. The molecular weight excluding hydrogens is 234 g/mol. The molecule has 1 aromatic carbocycles. The average molecular weight is 259 g/mol. The van der Waals surface area contributed by atoms with Gasteiger partial charge in [0.05, 0.1) is 6.54 Å². The summed E-state index contributed by atoms with van der Waals surface area (Å²) < 4.78 is 6.09. The molecule has 104 valence electrons. The Labute approximate surface area is 116 Å². The topological polar surface area (TPSA) is 25.2 Å². The highest BCUT2D eigenvalue weighted by Gasteiger charge is 2.20. The minimum absolute atomic E-state index is 0.104. The maximum absolute atomic E-state index is 6.09. The van der Waals surface area contributed by atoms with Gasteiger partial charge in [0.25, 0.3) is 0 Å². The van der Waals surface area contributed by atoms with Crippen LogP contribution in [0.15, 0.2) is 22.6 Å². The quantitative estimate of drug-likeness (QED) is 0.875. The Kier molecular flexibility index (Phi) is 3.73. The monoisotopic (exact) mass is 259 g/mol. The number of nitrogens with one attached hydrogen (secondary N) is 1. The van der Waals surface area contributed by atoms with Crippen molar-refractivity contribution in [1.82, 2.24) is 5.32 Å². The Hall–Kier alpha value is -1.28. The predicted molar refractivity (Wildman–Crippen MR) is 81.6 cm³/mol. The van der Waals surface area contributed by atoms with Gasteiger partial charge in [-0.3, -0.25) is 0 Å². The van der Waals surface area contributed by atoms with E-state index in [2.05, 4.69) is 65.1 Å². The largest absolute Gasteiger partial charge is 0.459 e. The highest BCUT2D eigenvalue weighted by atomic mass is 16.3. The summed E-state index contributed by atoms with van der Waals surface area (Å²) in [6.07, 6.45) is 0. The van der Waals surface area contributed by atoms with Crippen molar-refractivity contribution in [2.24, 2.45) is 0 Å². The molecule has 0 saturated heterocycles. The first-order valence-electron chi connectivity index (χ1n) is 7.05. The lowest BCUT2D eigenvalue weighted by Gasteiger charge is -2.19. The zero-order valence-corrected chi connectivity index (χ0v) is 12.9. The van der Waals surface area contributed by atoms with E-state index >= 15 is 0 Å². The normalized spacial score (nSPS) is 12.6. The molecule has 0 unspecified atom stereocenters. The van der Waals surface area contributed by atoms with Crippen molar-refractivity contribution in [2.75, 3.05) is 0 Å². The van der Waals surface area contributed by atoms with Crippen LogP contribution in [-0.2, 0) is 12.0 Å². The van der Waals surface area contributed by atoms with Gasteiger partial charge in [0.2, 0.25) is 0 Å². The van der Waals surface area contributed by atoms with Crippen molar-refractivity contribution in [1.29, 1.82) is 0 Å². The van der Waals surface area contributed by atoms with Gasteiger partial charge in [-0.1, -0.05) is 46.8 Å². The second-order valence-electron chi connectivity index (χ2n) is 6.67. The van der Waals surface area contributed by atoms with E-state index in [9.17, 15) is 0 Å². The summed E-state index contributed by atoms with van der Waals surface area (Å²) in [5, 5.41) is 4.65. The molecule has 0 atom stereocenters. The second kappa shape index (κ2) is 5.01. The summed E-state index contributed by atoms with van der Waals surface area (Å²) >= 11 is 0. The Morgan fingerprint density at radius 1 is 1.21 bits per heavy atom. The van der Waals surface area contributed by atoms with Gasteiger partial charge in [-0.2, -0.15) is 0 Å². The summed E-state index contributed by atoms with van der Waals surface area (Å²) in [5.74, 6) is 1.02. The molecule has 1 heterocycles. The number of aryl methyl sites for hydroxylation is 1. The molecule has 1 N–H and O–H groups in total. The molecule has 1 aromatic heterocycles. The Bertz CT molecular complexity index is 573. The van der Waals surface area contributed by atoms with Gasteiger partial charge in [-0.25, -0.2) is 0 Å². The molecule has 0 aliphatic heterocycles. The molecule has 0 aliphatic carbocycles. The van der Waals surface area contributed by atoms with E-state index in [0.29, 0.717) is 6.04 Å². The van der Waals surface area contributed by atoms with Crippen molar-refractivity contribution in [3.05, 3.63) is 35.1 Å². The van der Waals surface area contributed by atoms with Gasteiger partial charge < -0.3 is 9.73 Å². The third-order valence-corrected chi connectivity index (χ3v) is 3.45. The van der Waals surface area contributed by atoms with E-state index < -0.39 is 0 Å². The zero-order valence-electron chi connectivity index (χ0n) is 12.9. The first-order chi connectivity index (χ1) is 8.79. The lowest BCUT2D eigenvalue weighted by molar-refractivity contribution is 0.480. The fourth-order valence-corrected chi connectivity index (χ4v) is 2.29. The van der Waals surface area contributed by atoms with Crippen LogP contribution in [0.25, 0.3) is 11.0 Å². The minimum Gasteiger partial charge on any atom is -0.459 e. The molecule has 0 radical (unpaired) electrons. The van der Waals surface area contributed by atoms with Gasteiger partial charge in [0, 0.05) is 17.0 Å². The van der Waals surface area contributed by atoms with Gasteiger partial charge in [0.15, 0.2) is 0 Å². The van der Waals surface area contributed by atoms with Gasteiger partial charge >= 0.3 is 0 Å². The SMILES string of the molecule is Cc1ccc(C(C)(C)C)c2oc(CNC(C)C)cc12. The predicted octanol–water partition coefficient (Wildman–Crippen LogP) is 4.54. The Balaban J connectivity index is 2.48. The number of furan rings is 1. The van der Waals surface area contributed by atoms with Gasteiger partial charge in [-0.05, 0) is 24.0 Å². The van der Waals surface area contributed by atoms with Crippen LogP contribution in [0.2, 0.25) is 0 Å². The molecule has 0 saturated carbocycles. The molecule has 2 nitrogen and oxygen atoms in total. The number of hydrogen-bond acceptors (Lipinski definition) is 2. The summed E-state index contributed by atoms with van der Waals surface area (Å²) in [4.78, 5) is 0. The average Bonchev–Trinajstić information content (AvgIpc) is 2.69. The summed E-state index contributed by atoms with van der Waals surface area (Å²) in [6, 6.07) is 7.03. The van der Waals surface area contributed by atoms with Crippen LogP contribution >= 0.6 is 0 Å². The first kappa shape index (κ1) is 14.1. The van der Waals surface area contributed by atoms with Crippen molar-refractivity contribution >= 4 is 11.0 Å². The Morgan fingerprint density at radius 2 is 1.89 bits per heavy atom. The fraction of sp³-hybridized carbons (Fsp3) is 0.529. The Morgan fingerprint density at radius 3 is 2.47 bits per heavy atom. The fourth-order valence-electron chi connectivity index (χ4n) is 2.29. The van der Waals surface area contributed by atoms with Crippen molar-refractivity contribution in [3.8, 4) is 0 Å². The summed E-state index contributed by atoms with van der Waals surface area (Å²) in [5.41, 5.74) is 3.71. The van der Waals surface area contributed by atoms with Crippen molar-refractivity contribution in [3.63, 3.8) is 0 Å². The van der Waals surface area contributed by atoms with Gasteiger partial charge in [0.1, 0.15) is 11.3 Å². The molecule has 19 heavy (non-hydrogen) atoms. The van der Waals surface area contributed by atoms with Crippen LogP contribution in [0.1, 0.15) is 51.5 Å². The summed E-state index contributed by atoms with van der Waals surface area (Å²) in [7, 11) is 0. The number of fused-ring (bicyclic) bond motifs is 1. The van der Waals surface area contributed by atoms with E-state index in [1.807, 2.05) is 0 Å².